The van der Waals surface area contributed by atoms with Crippen LogP contribution in [0.25, 0.3) is 0 Å². The first-order valence-corrected chi connectivity index (χ1v) is 11.1. The molecule has 0 bridgehead atoms. The molecule has 2 aliphatic heterocycles. The summed E-state index contributed by atoms with van der Waals surface area (Å²) in [5, 5.41) is 13.7. The van der Waals surface area contributed by atoms with Crippen molar-refractivity contribution >= 4 is 17.5 Å². The molecule has 2 saturated heterocycles. The van der Waals surface area contributed by atoms with Gasteiger partial charge in [-0.15, -0.1) is 0 Å². The van der Waals surface area contributed by atoms with E-state index in [-0.39, 0.29) is 28.3 Å². The third-order valence-corrected chi connectivity index (χ3v) is 6.44. The average Bonchev–Trinajstić information content (AvgIpc) is 3.15. The molecular weight excluding hydrogens is 398 g/mol. The Bertz CT molecular complexity index is 789. The van der Waals surface area contributed by atoms with Crippen molar-refractivity contribution in [1.82, 2.24) is 15.1 Å². The van der Waals surface area contributed by atoms with Crippen molar-refractivity contribution in [2.75, 3.05) is 57.3 Å². The van der Waals surface area contributed by atoms with Crippen LogP contribution in [0.15, 0.2) is 24.3 Å². The van der Waals surface area contributed by atoms with E-state index in [1.807, 2.05) is 32.9 Å². The van der Waals surface area contributed by atoms with Crippen molar-refractivity contribution in [2.45, 2.75) is 32.4 Å². The molecule has 0 radical (unpaired) electrons. The Labute approximate surface area is 183 Å². The van der Waals surface area contributed by atoms with Crippen LogP contribution in [0.3, 0.4) is 0 Å². The van der Waals surface area contributed by atoms with Gasteiger partial charge in [0.25, 0.3) is 5.69 Å². The van der Waals surface area contributed by atoms with Gasteiger partial charge in [-0.1, -0.05) is 0 Å². The topological polar surface area (TPSA) is 91.2 Å². The molecule has 1 aliphatic carbocycles. The normalized spacial score (nSPS) is 26.4. The number of hydrogen-bond donors (Lipinski definition) is 1. The summed E-state index contributed by atoms with van der Waals surface area (Å²) >= 11 is 0. The number of hydrogen-bond acceptors (Lipinski definition) is 7. The number of piperazine rings is 1. The summed E-state index contributed by atoms with van der Waals surface area (Å²) in [6, 6.07) is 6.82. The lowest BCUT2D eigenvalue weighted by Gasteiger charge is -2.36. The number of non-ortho nitro benzene ring substituents is 1. The molecule has 1 aromatic carbocycles. The first-order chi connectivity index (χ1) is 14.7. The molecule has 9 heteroatoms. The van der Waals surface area contributed by atoms with Gasteiger partial charge in [-0.2, -0.15) is 0 Å². The molecule has 2 heterocycles. The van der Waals surface area contributed by atoms with Crippen LogP contribution in [-0.4, -0.2) is 84.8 Å². The average molecular weight is 432 g/mol. The van der Waals surface area contributed by atoms with E-state index in [0.717, 1.165) is 58.0 Å². The predicted octanol–water partition coefficient (Wildman–Crippen LogP) is 2.17. The summed E-state index contributed by atoms with van der Waals surface area (Å²) in [7, 11) is 0. The highest BCUT2D eigenvalue weighted by Crippen LogP contribution is 2.47. The molecule has 2 unspecified atom stereocenters. The molecule has 1 aromatic rings. The first-order valence-electron chi connectivity index (χ1n) is 11.1. The molecular formula is C22H33N5O4. The van der Waals surface area contributed by atoms with Crippen LogP contribution in [0.4, 0.5) is 16.2 Å². The van der Waals surface area contributed by atoms with Gasteiger partial charge in [0.2, 0.25) is 0 Å². The molecule has 4 rings (SSSR count). The van der Waals surface area contributed by atoms with Crippen molar-refractivity contribution in [3.05, 3.63) is 34.4 Å². The standard InChI is InChI=1S/C22H33N5O4/c1-22(2,3)23-21(28)31-20-18-14-25(15-19(18)20)9-8-24-10-12-26(13-11-24)16-4-6-17(7-5-16)27(29)30/h4-7,18-20H,8-15H2,1-3H3,(H,23,28). The molecule has 0 aromatic heterocycles. The van der Waals surface area contributed by atoms with E-state index in [9.17, 15) is 14.9 Å². The number of anilines is 1. The highest BCUT2D eigenvalue weighted by Gasteiger charge is 2.58. The van der Waals surface area contributed by atoms with Gasteiger partial charge in [0, 0.05) is 87.6 Å². The van der Waals surface area contributed by atoms with Gasteiger partial charge in [0.05, 0.1) is 4.92 Å². The fraction of sp³-hybridized carbons (Fsp3) is 0.682. The summed E-state index contributed by atoms with van der Waals surface area (Å²) < 4.78 is 5.59. The summed E-state index contributed by atoms with van der Waals surface area (Å²) in [6.07, 6.45) is -0.215. The number of nitro benzene ring substituents is 1. The van der Waals surface area contributed by atoms with Crippen molar-refractivity contribution in [3.63, 3.8) is 0 Å². The number of fused-ring (bicyclic) bond motifs is 1. The minimum absolute atomic E-state index is 0.0869. The molecule has 2 atom stereocenters. The van der Waals surface area contributed by atoms with Crippen molar-refractivity contribution in [2.24, 2.45) is 11.8 Å². The van der Waals surface area contributed by atoms with Gasteiger partial charge >= 0.3 is 6.09 Å². The number of piperidine rings is 1. The zero-order valence-corrected chi connectivity index (χ0v) is 18.6. The van der Waals surface area contributed by atoms with E-state index in [1.54, 1.807) is 12.1 Å². The second kappa shape index (κ2) is 8.63. The second-order valence-electron chi connectivity index (χ2n) is 9.93. The lowest BCUT2D eigenvalue weighted by Crippen LogP contribution is -2.48. The van der Waals surface area contributed by atoms with Crippen LogP contribution in [0, 0.1) is 22.0 Å². The van der Waals surface area contributed by atoms with Gasteiger partial charge in [0.1, 0.15) is 6.10 Å². The highest BCUT2D eigenvalue weighted by molar-refractivity contribution is 5.68. The van der Waals surface area contributed by atoms with E-state index < -0.39 is 0 Å². The van der Waals surface area contributed by atoms with Crippen LogP contribution >= 0.6 is 0 Å². The van der Waals surface area contributed by atoms with Crippen LogP contribution in [0.5, 0.6) is 0 Å². The molecule has 170 valence electrons. The Hall–Kier alpha value is -2.39. The Balaban J connectivity index is 1.13. The van der Waals surface area contributed by atoms with Crippen molar-refractivity contribution in [3.8, 4) is 0 Å². The van der Waals surface area contributed by atoms with Gasteiger partial charge in [-0.25, -0.2) is 4.79 Å². The largest absolute Gasteiger partial charge is 0.446 e. The Kier molecular flexibility index (Phi) is 6.07. The number of rotatable bonds is 6. The molecule has 9 nitrogen and oxygen atoms in total. The Morgan fingerprint density at radius 1 is 1.06 bits per heavy atom. The fourth-order valence-electron chi connectivity index (χ4n) is 4.67. The quantitative estimate of drug-likeness (QED) is 0.545. The number of benzene rings is 1. The number of likely N-dealkylation sites (tertiary alicyclic amines) is 1. The number of ether oxygens (including phenoxy) is 1. The van der Waals surface area contributed by atoms with E-state index in [4.69, 9.17) is 4.74 Å². The fourth-order valence-corrected chi connectivity index (χ4v) is 4.67. The summed E-state index contributed by atoms with van der Waals surface area (Å²) in [5.41, 5.74) is 0.912. The number of carbonyl (C=O) groups excluding carboxylic acids is 1. The zero-order chi connectivity index (χ0) is 22.2. The van der Waals surface area contributed by atoms with Crippen LogP contribution in [-0.2, 0) is 4.74 Å². The summed E-state index contributed by atoms with van der Waals surface area (Å²) in [6.45, 7) is 13.8. The smallest absolute Gasteiger partial charge is 0.407 e. The molecule has 31 heavy (non-hydrogen) atoms. The third kappa shape index (κ3) is 5.46. The van der Waals surface area contributed by atoms with E-state index in [0.29, 0.717) is 11.8 Å². The second-order valence-corrected chi connectivity index (χ2v) is 9.93. The first kappa shape index (κ1) is 21.8. The van der Waals surface area contributed by atoms with Crippen LogP contribution < -0.4 is 10.2 Å². The third-order valence-electron chi connectivity index (χ3n) is 6.44. The Morgan fingerprint density at radius 3 is 2.19 bits per heavy atom. The van der Waals surface area contributed by atoms with Gasteiger partial charge in [0.15, 0.2) is 0 Å². The van der Waals surface area contributed by atoms with Crippen LogP contribution in [0.1, 0.15) is 20.8 Å². The maximum Gasteiger partial charge on any atom is 0.407 e. The summed E-state index contributed by atoms with van der Waals surface area (Å²) in [5.74, 6) is 0.981. The summed E-state index contributed by atoms with van der Waals surface area (Å²) in [4.78, 5) is 29.6. The number of nitro groups is 1. The Morgan fingerprint density at radius 2 is 1.65 bits per heavy atom. The molecule has 0 spiro atoms. The van der Waals surface area contributed by atoms with E-state index in [1.165, 1.54) is 0 Å². The number of nitrogens with one attached hydrogen (secondary N) is 1. The maximum absolute atomic E-state index is 11.9. The number of alkyl carbamates (subject to hydrolysis) is 1. The van der Waals surface area contributed by atoms with Gasteiger partial charge < -0.3 is 19.9 Å². The molecule has 3 fully saturated rings. The minimum Gasteiger partial charge on any atom is -0.446 e. The zero-order valence-electron chi connectivity index (χ0n) is 18.6. The monoisotopic (exact) mass is 431 g/mol. The predicted molar refractivity (Wildman–Crippen MR) is 118 cm³/mol. The molecule has 1 N–H and O–H groups in total. The highest BCUT2D eigenvalue weighted by atomic mass is 16.6. The lowest BCUT2D eigenvalue weighted by atomic mass is 10.1. The number of nitrogens with zero attached hydrogens (tertiary/aromatic N) is 4. The molecule has 3 aliphatic rings. The number of amides is 1. The molecule has 1 amide bonds. The van der Waals surface area contributed by atoms with Crippen LogP contribution in [0.2, 0.25) is 0 Å². The van der Waals surface area contributed by atoms with Gasteiger partial charge in [-0.05, 0) is 32.9 Å². The molecule has 1 saturated carbocycles. The maximum atomic E-state index is 11.9. The van der Waals surface area contributed by atoms with E-state index >= 15 is 0 Å². The van der Waals surface area contributed by atoms with E-state index in [2.05, 4.69) is 20.0 Å². The van der Waals surface area contributed by atoms with Crippen molar-refractivity contribution < 1.29 is 14.5 Å². The number of carbonyl (C=O) groups is 1. The van der Waals surface area contributed by atoms with Crippen molar-refractivity contribution in [1.29, 1.82) is 0 Å². The minimum atomic E-state index is -0.362. The SMILES string of the molecule is CC(C)(C)NC(=O)OC1C2CN(CCN3CCN(c4ccc([N+](=O)[O-])cc4)CC3)CC21. The van der Waals surface area contributed by atoms with Gasteiger partial charge in [-0.3, -0.25) is 15.0 Å². The lowest BCUT2D eigenvalue weighted by molar-refractivity contribution is -0.384.